The summed E-state index contributed by atoms with van der Waals surface area (Å²) < 4.78 is 11.6. The highest BCUT2D eigenvalue weighted by Gasteiger charge is 2.24. The Bertz CT molecular complexity index is 1400. The summed E-state index contributed by atoms with van der Waals surface area (Å²) >= 11 is 0. The largest absolute Gasteiger partial charge is 0.481 e. The number of amides is 2. The number of fused-ring (bicyclic) bond motifs is 4. The number of rotatable bonds is 10. The molecular weight excluding hydrogens is 476 g/mol. The van der Waals surface area contributed by atoms with Crippen molar-refractivity contribution in [2.75, 3.05) is 6.54 Å². The molecule has 1 aliphatic carbocycles. The number of carbonyl (C=O) groups is 3. The van der Waals surface area contributed by atoms with E-state index in [1.807, 2.05) is 19.9 Å². The predicted octanol–water partition coefficient (Wildman–Crippen LogP) is 3.78. The summed E-state index contributed by atoms with van der Waals surface area (Å²) in [5, 5.41) is 16.0. The zero-order valence-corrected chi connectivity index (χ0v) is 21.6. The van der Waals surface area contributed by atoms with Crippen molar-refractivity contribution in [1.82, 2.24) is 10.6 Å². The van der Waals surface area contributed by atoms with Crippen LogP contribution in [0.4, 0.5) is 0 Å². The molecule has 3 N–H and O–H groups in total. The molecule has 2 aromatic heterocycles. The topological polar surface area (TPSA) is 139 Å². The van der Waals surface area contributed by atoms with Gasteiger partial charge >= 0.3 is 11.6 Å². The van der Waals surface area contributed by atoms with Crippen LogP contribution in [0, 0.1) is 12.8 Å². The molecule has 0 unspecified atom stereocenters. The third-order valence-corrected chi connectivity index (χ3v) is 6.93. The number of carbonyl (C=O) groups excluding carboxylic acids is 2. The standard InChI is InChI=1S/C28H34N2O7/c1-15(2)11-21(27(34)29-10-6-9-26(32)33)30-25(31)13-19-16(3)18-12-20-17-7-4-5-8-22(17)36-24(20)14-23(18)37-28(19)35/h12,14-15,21H,4-11,13H2,1-3H3,(H,29,34)(H,30,31)(H,32,33)/t21-/m0/s1. The number of aryl methyl sites for hydroxylation is 3. The summed E-state index contributed by atoms with van der Waals surface area (Å²) in [4.78, 5) is 49.2. The maximum absolute atomic E-state index is 13.0. The van der Waals surface area contributed by atoms with Gasteiger partial charge in [0, 0.05) is 41.8 Å². The van der Waals surface area contributed by atoms with Crippen LogP contribution < -0.4 is 16.3 Å². The van der Waals surface area contributed by atoms with Gasteiger partial charge in [-0.3, -0.25) is 14.4 Å². The van der Waals surface area contributed by atoms with Gasteiger partial charge in [0.05, 0.1) is 12.0 Å². The first-order chi connectivity index (χ1) is 17.6. The molecule has 37 heavy (non-hydrogen) atoms. The Hall–Kier alpha value is -3.62. The molecule has 0 fully saturated rings. The van der Waals surface area contributed by atoms with Gasteiger partial charge in [0.1, 0.15) is 23.0 Å². The molecule has 0 aliphatic heterocycles. The number of carboxylic acids is 1. The Morgan fingerprint density at radius 3 is 2.51 bits per heavy atom. The number of hydrogen-bond donors (Lipinski definition) is 3. The van der Waals surface area contributed by atoms with Crippen molar-refractivity contribution in [1.29, 1.82) is 0 Å². The van der Waals surface area contributed by atoms with E-state index in [9.17, 15) is 19.2 Å². The third kappa shape index (κ3) is 6.03. The van der Waals surface area contributed by atoms with Gasteiger partial charge in [-0.15, -0.1) is 0 Å². The average molecular weight is 511 g/mol. The molecule has 0 saturated heterocycles. The molecule has 9 heteroatoms. The lowest BCUT2D eigenvalue weighted by Gasteiger charge is -2.20. The fourth-order valence-electron chi connectivity index (χ4n) is 5.03. The van der Waals surface area contributed by atoms with Crippen molar-refractivity contribution in [3.05, 3.63) is 45.0 Å². The van der Waals surface area contributed by atoms with Gasteiger partial charge in [-0.25, -0.2) is 4.79 Å². The Kier molecular flexibility index (Phi) is 8.00. The van der Waals surface area contributed by atoms with Crippen LogP contribution in [0.1, 0.15) is 68.4 Å². The number of hydrogen-bond acceptors (Lipinski definition) is 6. The number of carboxylic acid groups (broad SMARTS) is 1. The van der Waals surface area contributed by atoms with E-state index in [1.54, 1.807) is 13.0 Å². The Morgan fingerprint density at radius 1 is 1.05 bits per heavy atom. The fourth-order valence-corrected chi connectivity index (χ4v) is 5.03. The van der Waals surface area contributed by atoms with Crippen LogP contribution in [0.5, 0.6) is 0 Å². The second kappa shape index (κ2) is 11.2. The van der Waals surface area contributed by atoms with Gasteiger partial charge in [0.25, 0.3) is 0 Å². The summed E-state index contributed by atoms with van der Waals surface area (Å²) in [7, 11) is 0. The molecule has 0 radical (unpaired) electrons. The number of benzene rings is 1. The molecular formula is C28H34N2O7. The predicted molar refractivity (Wildman–Crippen MR) is 139 cm³/mol. The van der Waals surface area contributed by atoms with Crippen LogP contribution in [-0.4, -0.2) is 35.5 Å². The Balaban J connectivity index is 1.54. The summed E-state index contributed by atoms with van der Waals surface area (Å²) in [6, 6.07) is 2.96. The minimum atomic E-state index is -0.931. The quantitative estimate of drug-likeness (QED) is 0.279. The molecule has 198 valence electrons. The van der Waals surface area contributed by atoms with Crippen molar-refractivity contribution >= 4 is 39.7 Å². The molecule has 0 saturated carbocycles. The lowest BCUT2D eigenvalue weighted by atomic mass is 9.94. The normalized spacial score (nSPS) is 14.1. The number of nitrogens with one attached hydrogen (secondary N) is 2. The highest BCUT2D eigenvalue weighted by Crippen LogP contribution is 2.35. The molecule has 3 aromatic rings. The molecule has 2 heterocycles. The van der Waals surface area contributed by atoms with E-state index < -0.39 is 23.5 Å². The van der Waals surface area contributed by atoms with Gasteiger partial charge in [0.2, 0.25) is 11.8 Å². The van der Waals surface area contributed by atoms with Crippen molar-refractivity contribution in [2.45, 2.75) is 78.2 Å². The highest BCUT2D eigenvalue weighted by molar-refractivity contribution is 5.97. The van der Waals surface area contributed by atoms with Crippen LogP contribution >= 0.6 is 0 Å². The zero-order chi connectivity index (χ0) is 26.7. The first-order valence-corrected chi connectivity index (χ1v) is 12.9. The highest BCUT2D eigenvalue weighted by atomic mass is 16.4. The summed E-state index contributed by atoms with van der Waals surface area (Å²) in [6.45, 7) is 5.89. The average Bonchev–Trinajstić information content (AvgIpc) is 3.20. The van der Waals surface area contributed by atoms with Crippen molar-refractivity contribution in [2.24, 2.45) is 5.92 Å². The van der Waals surface area contributed by atoms with Crippen molar-refractivity contribution < 1.29 is 28.3 Å². The molecule has 1 aromatic carbocycles. The van der Waals surface area contributed by atoms with Crippen LogP contribution in [0.2, 0.25) is 0 Å². The summed E-state index contributed by atoms with van der Waals surface area (Å²) in [6.07, 6.45) is 4.50. The van der Waals surface area contributed by atoms with Crippen LogP contribution in [-0.2, 0) is 33.6 Å². The SMILES string of the molecule is Cc1c(CC(=O)N[C@@H](CC(C)C)C(=O)NCCCC(=O)O)c(=O)oc2cc3oc4c(c3cc12)CCCC4. The molecule has 4 rings (SSSR count). The van der Waals surface area contributed by atoms with Gasteiger partial charge in [-0.2, -0.15) is 0 Å². The first kappa shape index (κ1) is 26.4. The number of furan rings is 1. The van der Waals surface area contributed by atoms with E-state index in [4.69, 9.17) is 13.9 Å². The third-order valence-electron chi connectivity index (χ3n) is 6.93. The van der Waals surface area contributed by atoms with Crippen LogP contribution in [0.25, 0.3) is 21.9 Å². The first-order valence-electron chi connectivity index (χ1n) is 12.9. The van der Waals surface area contributed by atoms with Gasteiger partial charge < -0.3 is 24.6 Å². The van der Waals surface area contributed by atoms with E-state index in [0.29, 0.717) is 29.6 Å². The molecule has 1 aliphatic rings. The molecule has 9 nitrogen and oxygen atoms in total. The maximum Gasteiger partial charge on any atom is 0.340 e. The van der Waals surface area contributed by atoms with Gasteiger partial charge in [0.15, 0.2) is 0 Å². The second-order valence-corrected chi connectivity index (χ2v) is 10.3. The van der Waals surface area contributed by atoms with Crippen LogP contribution in [0.15, 0.2) is 25.8 Å². The van der Waals surface area contributed by atoms with Crippen molar-refractivity contribution in [3.63, 3.8) is 0 Å². The molecule has 0 bridgehead atoms. The van der Waals surface area contributed by atoms with E-state index in [0.717, 1.165) is 42.2 Å². The van der Waals surface area contributed by atoms with Gasteiger partial charge in [-0.1, -0.05) is 13.8 Å². The van der Waals surface area contributed by atoms with E-state index in [1.165, 1.54) is 5.56 Å². The minimum absolute atomic E-state index is 0.0492. The Labute approximate surface area is 214 Å². The van der Waals surface area contributed by atoms with Crippen molar-refractivity contribution in [3.8, 4) is 0 Å². The summed E-state index contributed by atoms with van der Waals surface area (Å²) in [5.41, 5.74) is 2.68. The maximum atomic E-state index is 13.0. The molecule has 0 spiro atoms. The fraction of sp³-hybridized carbons (Fsp3) is 0.500. The zero-order valence-electron chi connectivity index (χ0n) is 21.6. The lowest BCUT2D eigenvalue weighted by Crippen LogP contribution is -2.48. The van der Waals surface area contributed by atoms with E-state index in [-0.39, 0.29) is 36.8 Å². The van der Waals surface area contributed by atoms with E-state index >= 15 is 0 Å². The van der Waals surface area contributed by atoms with E-state index in [2.05, 4.69) is 10.6 Å². The monoisotopic (exact) mass is 510 g/mol. The lowest BCUT2D eigenvalue weighted by molar-refractivity contribution is -0.137. The second-order valence-electron chi connectivity index (χ2n) is 10.3. The van der Waals surface area contributed by atoms with Crippen LogP contribution in [0.3, 0.4) is 0 Å². The molecule has 2 amide bonds. The molecule has 1 atom stereocenters. The Morgan fingerprint density at radius 2 is 1.78 bits per heavy atom. The summed E-state index contributed by atoms with van der Waals surface area (Å²) in [5.74, 6) is -0.636. The number of aliphatic carboxylic acids is 1. The smallest absolute Gasteiger partial charge is 0.340 e. The van der Waals surface area contributed by atoms with Gasteiger partial charge in [-0.05, 0) is 56.6 Å². The minimum Gasteiger partial charge on any atom is -0.481 e.